The van der Waals surface area contributed by atoms with Gasteiger partial charge in [-0.15, -0.1) is 0 Å². The molecular weight excluding hydrogens is 164 g/mol. The van der Waals surface area contributed by atoms with Crippen molar-refractivity contribution in [1.82, 2.24) is 0 Å². The molecule has 0 radical (unpaired) electrons. The van der Waals surface area contributed by atoms with Crippen molar-refractivity contribution < 1.29 is 9.47 Å². The zero-order valence-corrected chi connectivity index (χ0v) is 9.08. The largest absolute Gasteiger partial charge is 0.373 e. The predicted molar refractivity (Wildman–Crippen MR) is 53.8 cm³/mol. The maximum absolute atomic E-state index is 5.73. The molecule has 13 heavy (non-hydrogen) atoms. The fraction of sp³-hybridized carbons (Fsp3) is 1.00. The van der Waals surface area contributed by atoms with Crippen molar-refractivity contribution in [1.29, 1.82) is 0 Å². The highest BCUT2D eigenvalue weighted by molar-refractivity contribution is 4.68. The molecule has 2 atom stereocenters. The van der Waals surface area contributed by atoms with Crippen LogP contribution in [0.2, 0.25) is 0 Å². The maximum Gasteiger partial charge on any atom is 0.0812 e. The molecule has 0 saturated carbocycles. The van der Waals surface area contributed by atoms with Crippen LogP contribution in [0.3, 0.4) is 0 Å². The van der Waals surface area contributed by atoms with E-state index in [0.29, 0.717) is 18.1 Å². The first-order chi connectivity index (χ1) is 6.22. The van der Waals surface area contributed by atoms with Crippen LogP contribution < -0.4 is 0 Å². The van der Waals surface area contributed by atoms with Crippen LogP contribution in [0.4, 0.5) is 0 Å². The van der Waals surface area contributed by atoms with E-state index in [9.17, 15) is 0 Å². The van der Waals surface area contributed by atoms with Crippen molar-refractivity contribution in [2.24, 2.45) is 5.92 Å². The van der Waals surface area contributed by atoms with Crippen molar-refractivity contribution >= 4 is 0 Å². The first-order valence-corrected chi connectivity index (χ1v) is 5.45. The number of ether oxygens (including phenoxy) is 2. The van der Waals surface area contributed by atoms with E-state index in [4.69, 9.17) is 9.47 Å². The van der Waals surface area contributed by atoms with Crippen LogP contribution in [0.5, 0.6) is 0 Å². The Morgan fingerprint density at radius 3 is 2.23 bits per heavy atom. The highest BCUT2D eigenvalue weighted by Crippen LogP contribution is 2.16. The normalized spacial score (nSPS) is 29.5. The van der Waals surface area contributed by atoms with Gasteiger partial charge in [0.15, 0.2) is 0 Å². The van der Waals surface area contributed by atoms with Crippen LogP contribution >= 0.6 is 0 Å². The predicted octanol–water partition coefficient (Wildman–Crippen LogP) is 2.62. The van der Waals surface area contributed by atoms with E-state index in [0.717, 1.165) is 26.1 Å². The molecular formula is C11H22O2. The van der Waals surface area contributed by atoms with Gasteiger partial charge < -0.3 is 9.47 Å². The third kappa shape index (κ3) is 4.10. The minimum Gasteiger partial charge on any atom is -0.373 e. The molecule has 2 heteroatoms. The Balaban J connectivity index is 2.15. The third-order valence-electron chi connectivity index (χ3n) is 2.38. The van der Waals surface area contributed by atoms with Crippen molar-refractivity contribution in [2.45, 2.75) is 52.2 Å². The zero-order valence-electron chi connectivity index (χ0n) is 9.08. The smallest absolute Gasteiger partial charge is 0.0812 e. The lowest BCUT2D eigenvalue weighted by atomic mass is 10.1. The Bertz CT molecular complexity index is 126. The lowest BCUT2D eigenvalue weighted by Crippen LogP contribution is -2.36. The van der Waals surface area contributed by atoms with Crippen molar-refractivity contribution in [2.75, 3.05) is 13.2 Å². The average molecular weight is 186 g/mol. The summed E-state index contributed by atoms with van der Waals surface area (Å²) in [6.45, 7) is 8.22. The van der Waals surface area contributed by atoms with Crippen LogP contribution in [0.15, 0.2) is 0 Å². The Labute approximate surface area is 81.6 Å². The number of rotatable bonds is 4. The van der Waals surface area contributed by atoms with Crippen LogP contribution in [0.25, 0.3) is 0 Å². The van der Waals surface area contributed by atoms with Gasteiger partial charge in [0, 0.05) is 0 Å². The molecule has 0 aromatic carbocycles. The van der Waals surface area contributed by atoms with E-state index in [-0.39, 0.29) is 0 Å². The molecule has 0 N–H and O–H groups in total. The molecule has 0 aromatic rings. The molecule has 0 aromatic heterocycles. The summed E-state index contributed by atoms with van der Waals surface area (Å²) in [6.07, 6.45) is 4.14. The van der Waals surface area contributed by atoms with Crippen LogP contribution in [-0.4, -0.2) is 25.4 Å². The zero-order chi connectivity index (χ0) is 9.68. The summed E-state index contributed by atoms with van der Waals surface area (Å²) in [7, 11) is 0. The topological polar surface area (TPSA) is 18.5 Å². The second kappa shape index (κ2) is 5.61. The van der Waals surface area contributed by atoms with Crippen molar-refractivity contribution in [3.05, 3.63) is 0 Å². The molecule has 1 saturated heterocycles. The van der Waals surface area contributed by atoms with Crippen molar-refractivity contribution in [3.63, 3.8) is 0 Å². The van der Waals surface area contributed by atoms with E-state index >= 15 is 0 Å². The quantitative estimate of drug-likeness (QED) is 0.672. The second-order valence-corrected chi connectivity index (χ2v) is 4.33. The van der Waals surface area contributed by atoms with Gasteiger partial charge in [-0.1, -0.05) is 27.2 Å². The molecule has 1 aliphatic heterocycles. The maximum atomic E-state index is 5.73. The molecule has 1 heterocycles. The Morgan fingerprint density at radius 1 is 1.15 bits per heavy atom. The molecule has 1 aliphatic rings. The van der Waals surface area contributed by atoms with Gasteiger partial charge in [-0.25, -0.2) is 0 Å². The first kappa shape index (κ1) is 11.0. The number of hydrogen-bond donors (Lipinski definition) is 0. The Kier molecular flexibility index (Phi) is 4.74. The van der Waals surface area contributed by atoms with Gasteiger partial charge in [0.05, 0.1) is 25.4 Å². The molecule has 2 unspecified atom stereocenters. The first-order valence-electron chi connectivity index (χ1n) is 5.45. The second-order valence-electron chi connectivity index (χ2n) is 4.33. The molecule has 1 fully saturated rings. The van der Waals surface area contributed by atoms with Crippen LogP contribution in [0.1, 0.15) is 40.0 Å². The van der Waals surface area contributed by atoms with Gasteiger partial charge >= 0.3 is 0 Å². The van der Waals surface area contributed by atoms with Gasteiger partial charge in [-0.3, -0.25) is 0 Å². The lowest BCUT2D eigenvalue weighted by Gasteiger charge is -2.30. The standard InChI is InChI=1S/C11H22O2/c1-4-5-10-7-13-11(8-12-10)6-9(2)3/h9-11H,4-8H2,1-3H3. The highest BCUT2D eigenvalue weighted by atomic mass is 16.6. The van der Waals surface area contributed by atoms with Gasteiger partial charge in [0.25, 0.3) is 0 Å². The molecule has 0 amide bonds. The summed E-state index contributed by atoms with van der Waals surface area (Å²) in [5.41, 5.74) is 0. The van der Waals surface area contributed by atoms with Gasteiger partial charge in [0.2, 0.25) is 0 Å². The van der Waals surface area contributed by atoms with Gasteiger partial charge in [-0.2, -0.15) is 0 Å². The summed E-state index contributed by atoms with van der Waals surface area (Å²) in [5, 5.41) is 0. The van der Waals surface area contributed by atoms with Gasteiger partial charge in [0.1, 0.15) is 0 Å². The van der Waals surface area contributed by atoms with E-state index < -0.39 is 0 Å². The average Bonchev–Trinajstić information content (AvgIpc) is 2.08. The highest BCUT2D eigenvalue weighted by Gasteiger charge is 2.21. The van der Waals surface area contributed by atoms with E-state index in [1.54, 1.807) is 0 Å². The summed E-state index contributed by atoms with van der Waals surface area (Å²) in [6, 6.07) is 0. The summed E-state index contributed by atoms with van der Waals surface area (Å²) < 4.78 is 11.4. The van der Waals surface area contributed by atoms with E-state index in [2.05, 4.69) is 20.8 Å². The van der Waals surface area contributed by atoms with Gasteiger partial charge in [-0.05, 0) is 18.8 Å². The minimum atomic E-state index is 0.341. The summed E-state index contributed by atoms with van der Waals surface area (Å²) in [4.78, 5) is 0. The Morgan fingerprint density at radius 2 is 1.77 bits per heavy atom. The fourth-order valence-electron chi connectivity index (χ4n) is 1.73. The number of hydrogen-bond acceptors (Lipinski definition) is 2. The lowest BCUT2D eigenvalue weighted by molar-refractivity contribution is -0.139. The summed E-state index contributed by atoms with van der Waals surface area (Å²) in [5.74, 6) is 0.705. The molecule has 0 aliphatic carbocycles. The molecule has 2 nitrogen and oxygen atoms in total. The summed E-state index contributed by atoms with van der Waals surface area (Å²) >= 11 is 0. The van der Waals surface area contributed by atoms with E-state index in [1.807, 2.05) is 0 Å². The molecule has 1 rings (SSSR count). The molecule has 78 valence electrons. The fourth-order valence-corrected chi connectivity index (χ4v) is 1.73. The molecule has 0 bridgehead atoms. The monoisotopic (exact) mass is 186 g/mol. The van der Waals surface area contributed by atoms with Crippen LogP contribution in [0, 0.1) is 5.92 Å². The molecule has 0 spiro atoms. The Hall–Kier alpha value is -0.0800. The van der Waals surface area contributed by atoms with E-state index in [1.165, 1.54) is 6.42 Å². The van der Waals surface area contributed by atoms with Crippen molar-refractivity contribution in [3.8, 4) is 0 Å². The minimum absolute atomic E-state index is 0.341. The SMILES string of the molecule is CCCC1COC(CC(C)C)CO1. The van der Waals surface area contributed by atoms with Crippen LogP contribution in [-0.2, 0) is 9.47 Å². The third-order valence-corrected chi connectivity index (χ3v) is 2.38.